The minimum Gasteiger partial charge on any atom is -0.455 e. The number of thioether (sulfide) groups is 2. The van der Waals surface area contributed by atoms with Gasteiger partial charge in [-0.25, -0.2) is 5.43 Å². The van der Waals surface area contributed by atoms with Gasteiger partial charge in [-0.3, -0.25) is 14.9 Å². The Hall–Kier alpha value is -2.26. The molecule has 142 valence electrons. The van der Waals surface area contributed by atoms with Crippen molar-refractivity contribution in [1.82, 2.24) is 5.43 Å². The van der Waals surface area contributed by atoms with Crippen LogP contribution in [0.25, 0.3) is 11.3 Å². The van der Waals surface area contributed by atoms with Crippen molar-refractivity contribution in [2.75, 3.05) is 11.5 Å². The van der Waals surface area contributed by atoms with Crippen molar-refractivity contribution in [3.63, 3.8) is 0 Å². The second-order valence-electron chi connectivity index (χ2n) is 6.28. The summed E-state index contributed by atoms with van der Waals surface area (Å²) < 4.78 is 5.53. The largest absolute Gasteiger partial charge is 0.455 e. The van der Waals surface area contributed by atoms with Gasteiger partial charge in [-0.1, -0.05) is 6.07 Å². The lowest BCUT2D eigenvalue weighted by Gasteiger charge is -2.19. The fourth-order valence-corrected chi connectivity index (χ4v) is 5.56. The number of nitrogens with zero attached hydrogens (tertiary/aromatic N) is 2. The fraction of sp³-hybridized carbons (Fsp3) is 0.333. The maximum absolute atomic E-state index is 12.0. The van der Waals surface area contributed by atoms with E-state index in [0.29, 0.717) is 23.5 Å². The van der Waals surface area contributed by atoms with Crippen LogP contribution in [0.2, 0.25) is 0 Å². The molecule has 0 spiro atoms. The van der Waals surface area contributed by atoms with E-state index >= 15 is 0 Å². The van der Waals surface area contributed by atoms with Crippen molar-refractivity contribution < 1.29 is 14.1 Å². The summed E-state index contributed by atoms with van der Waals surface area (Å²) in [4.78, 5) is 22.8. The summed E-state index contributed by atoms with van der Waals surface area (Å²) >= 11 is 3.57. The number of rotatable bonds is 6. The zero-order valence-corrected chi connectivity index (χ0v) is 16.6. The Balaban J connectivity index is 1.65. The van der Waals surface area contributed by atoms with Crippen LogP contribution in [0.15, 0.2) is 39.9 Å². The van der Waals surface area contributed by atoms with Crippen molar-refractivity contribution >= 4 is 41.3 Å². The van der Waals surface area contributed by atoms with Crippen LogP contribution >= 0.6 is 23.5 Å². The maximum Gasteiger partial charge on any atom is 0.280 e. The molecule has 0 radical (unpaired) electrons. The average molecular weight is 406 g/mol. The van der Waals surface area contributed by atoms with E-state index in [-0.39, 0.29) is 15.7 Å². The molecule has 1 aromatic heterocycles. The van der Waals surface area contributed by atoms with Crippen molar-refractivity contribution in [3.05, 3.63) is 51.8 Å². The third-order valence-corrected chi connectivity index (χ3v) is 7.29. The monoisotopic (exact) mass is 405 g/mol. The van der Waals surface area contributed by atoms with Gasteiger partial charge in [0.25, 0.3) is 5.69 Å². The SMILES string of the molecule is Cc1ccc(-c2ccc(/C=N\NC(=O)CC3(C)SCCS3)o2)c([N+](=O)[O-])c1. The number of nitro groups is 1. The lowest BCUT2D eigenvalue weighted by Crippen LogP contribution is -2.26. The van der Waals surface area contributed by atoms with Crippen molar-refractivity contribution in [2.24, 2.45) is 5.10 Å². The zero-order chi connectivity index (χ0) is 19.4. The molecule has 0 bridgehead atoms. The van der Waals surface area contributed by atoms with Crippen molar-refractivity contribution in [3.8, 4) is 11.3 Å². The number of benzene rings is 1. The first-order valence-corrected chi connectivity index (χ1v) is 10.3. The second-order valence-corrected chi connectivity index (χ2v) is 9.73. The van der Waals surface area contributed by atoms with Crippen LogP contribution in [0.5, 0.6) is 0 Å². The van der Waals surface area contributed by atoms with E-state index in [9.17, 15) is 14.9 Å². The molecule has 27 heavy (non-hydrogen) atoms. The van der Waals surface area contributed by atoms with Gasteiger partial charge in [-0.05, 0) is 37.6 Å². The normalized spacial score (nSPS) is 15.9. The number of aryl methyl sites for hydroxylation is 1. The summed E-state index contributed by atoms with van der Waals surface area (Å²) in [5.41, 5.74) is 3.69. The first-order chi connectivity index (χ1) is 12.9. The highest BCUT2D eigenvalue weighted by Crippen LogP contribution is 2.45. The van der Waals surface area contributed by atoms with Gasteiger partial charge in [0.1, 0.15) is 11.5 Å². The van der Waals surface area contributed by atoms with Crippen LogP contribution in [-0.4, -0.2) is 32.6 Å². The zero-order valence-electron chi connectivity index (χ0n) is 14.9. The van der Waals surface area contributed by atoms with E-state index in [1.54, 1.807) is 54.7 Å². The molecule has 0 saturated carbocycles. The molecule has 1 N–H and O–H groups in total. The molecule has 7 nitrogen and oxygen atoms in total. The summed E-state index contributed by atoms with van der Waals surface area (Å²) in [6, 6.07) is 8.25. The summed E-state index contributed by atoms with van der Waals surface area (Å²) in [5, 5.41) is 15.2. The lowest BCUT2D eigenvalue weighted by molar-refractivity contribution is -0.384. The number of hydrogen-bond acceptors (Lipinski definition) is 7. The molecule has 1 amide bonds. The van der Waals surface area contributed by atoms with Crippen LogP contribution in [0.1, 0.15) is 24.7 Å². The fourth-order valence-electron chi connectivity index (χ4n) is 2.73. The Morgan fingerprint density at radius 2 is 2.11 bits per heavy atom. The Bertz CT molecular complexity index is 888. The highest BCUT2D eigenvalue weighted by atomic mass is 32.2. The predicted octanol–water partition coefficient (Wildman–Crippen LogP) is 4.20. The number of hydrogen-bond donors (Lipinski definition) is 1. The third-order valence-electron chi connectivity index (χ3n) is 4.00. The van der Waals surface area contributed by atoms with Gasteiger partial charge in [0.2, 0.25) is 5.91 Å². The summed E-state index contributed by atoms with van der Waals surface area (Å²) in [6.45, 7) is 3.86. The number of nitro benzene ring substituents is 1. The average Bonchev–Trinajstić information content (AvgIpc) is 3.24. The highest BCUT2D eigenvalue weighted by molar-refractivity contribution is 8.21. The Labute approximate surface area is 165 Å². The Morgan fingerprint density at radius 1 is 1.37 bits per heavy atom. The Kier molecular flexibility index (Phi) is 5.91. The summed E-state index contributed by atoms with van der Waals surface area (Å²) in [6.07, 6.45) is 1.78. The predicted molar refractivity (Wildman–Crippen MR) is 109 cm³/mol. The van der Waals surface area contributed by atoms with E-state index in [2.05, 4.69) is 17.5 Å². The van der Waals surface area contributed by atoms with Crippen molar-refractivity contribution in [2.45, 2.75) is 24.3 Å². The van der Waals surface area contributed by atoms with Crippen LogP contribution in [0.4, 0.5) is 5.69 Å². The van der Waals surface area contributed by atoms with Gasteiger partial charge in [-0.15, -0.1) is 23.5 Å². The second kappa shape index (κ2) is 8.18. The van der Waals surface area contributed by atoms with Crippen LogP contribution in [0, 0.1) is 17.0 Å². The van der Waals surface area contributed by atoms with Gasteiger partial charge >= 0.3 is 0 Å². The lowest BCUT2D eigenvalue weighted by atomic mass is 10.1. The molecular formula is C18H19N3O4S2. The number of hydrazone groups is 1. The van der Waals surface area contributed by atoms with E-state index < -0.39 is 4.92 Å². The van der Waals surface area contributed by atoms with Gasteiger partial charge < -0.3 is 4.42 Å². The van der Waals surface area contributed by atoms with Gasteiger partial charge in [0.05, 0.1) is 27.2 Å². The molecule has 1 aliphatic rings. The molecule has 3 rings (SSSR count). The number of nitrogens with one attached hydrogen (secondary N) is 1. The number of amides is 1. The summed E-state index contributed by atoms with van der Waals surface area (Å²) in [7, 11) is 0. The van der Waals surface area contributed by atoms with Crippen LogP contribution in [-0.2, 0) is 4.79 Å². The molecule has 1 aromatic carbocycles. The first kappa shape index (κ1) is 19.5. The van der Waals surface area contributed by atoms with Gasteiger partial charge in [0, 0.05) is 17.6 Å². The molecule has 1 aliphatic heterocycles. The molecule has 2 heterocycles. The molecule has 1 saturated heterocycles. The van der Waals surface area contributed by atoms with Crippen LogP contribution in [0.3, 0.4) is 0 Å². The number of carbonyl (C=O) groups is 1. The van der Waals surface area contributed by atoms with Crippen LogP contribution < -0.4 is 5.43 Å². The molecular weight excluding hydrogens is 386 g/mol. The molecule has 2 aromatic rings. The molecule has 0 aliphatic carbocycles. The molecule has 0 atom stereocenters. The van der Waals surface area contributed by atoms with E-state index in [4.69, 9.17) is 4.42 Å². The molecule has 1 fully saturated rings. The smallest absolute Gasteiger partial charge is 0.280 e. The van der Waals surface area contributed by atoms with Crippen molar-refractivity contribution in [1.29, 1.82) is 0 Å². The first-order valence-electron chi connectivity index (χ1n) is 8.31. The Morgan fingerprint density at radius 3 is 2.81 bits per heavy atom. The minimum absolute atomic E-state index is 0.0130. The molecule has 9 heteroatoms. The molecule has 0 unspecified atom stereocenters. The topological polar surface area (TPSA) is 97.7 Å². The third kappa shape index (κ3) is 4.92. The highest BCUT2D eigenvalue weighted by Gasteiger charge is 2.32. The standard InChI is InChI=1S/C18H19N3O4S2/c1-12-3-5-14(15(9-12)21(23)24)16-6-4-13(25-16)11-19-20-17(22)10-18(2)26-7-8-27-18/h3-6,9,11H,7-8,10H2,1-2H3,(H,20,22)/b19-11-. The minimum atomic E-state index is -0.432. The van der Waals surface area contributed by atoms with E-state index in [0.717, 1.165) is 17.1 Å². The number of carbonyl (C=O) groups excluding carboxylic acids is 1. The maximum atomic E-state index is 12.0. The quantitative estimate of drug-likeness (QED) is 0.439. The van der Waals surface area contributed by atoms with Gasteiger partial charge in [-0.2, -0.15) is 5.10 Å². The van der Waals surface area contributed by atoms with E-state index in [1.807, 2.05) is 0 Å². The number of furan rings is 1. The van der Waals surface area contributed by atoms with E-state index in [1.165, 1.54) is 12.3 Å². The summed E-state index contributed by atoms with van der Waals surface area (Å²) in [5.74, 6) is 2.73. The van der Waals surface area contributed by atoms with Gasteiger partial charge in [0.15, 0.2) is 0 Å².